The number of nitrogens with zero attached hydrogens (tertiary/aromatic N) is 2. The molecule has 0 amide bonds. The van der Waals surface area contributed by atoms with Crippen molar-refractivity contribution < 1.29 is 8.63 Å². The Morgan fingerprint density at radius 2 is 1.70 bits per heavy atom. The third-order valence-electron chi connectivity index (χ3n) is 6.09. The first kappa shape index (κ1) is 21.8. The minimum absolute atomic E-state index is 0.538. The molecule has 2 heterocycles. The molecule has 0 unspecified atom stereocenters. The lowest BCUT2D eigenvalue weighted by atomic mass is 9.92. The van der Waals surface area contributed by atoms with E-state index < -0.39 is 7.40 Å². The SMILES string of the molecule is C#Cc1ccc(/C(=C2/N=C(C)C(CC)=C2C)c2c(C)c(CC)c(C)n2B(F)F)cc1. The van der Waals surface area contributed by atoms with Crippen molar-refractivity contribution in [1.82, 2.24) is 4.48 Å². The largest absolute Gasteiger partial charge is 0.677 e. The van der Waals surface area contributed by atoms with Crippen LogP contribution in [0.4, 0.5) is 8.63 Å². The maximum Gasteiger partial charge on any atom is 0.677 e. The van der Waals surface area contributed by atoms with Gasteiger partial charge < -0.3 is 4.48 Å². The number of aliphatic imine (C=N–C) groups is 1. The average molecular weight is 404 g/mol. The van der Waals surface area contributed by atoms with Crippen LogP contribution in [0.1, 0.15) is 67.8 Å². The van der Waals surface area contributed by atoms with Crippen molar-refractivity contribution in [1.29, 1.82) is 0 Å². The first-order valence-electron chi connectivity index (χ1n) is 10.3. The fraction of sp³-hybridized carbons (Fsp3) is 0.320. The number of benzene rings is 1. The molecule has 0 atom stereocenters. The van der Waals surface area contributed by atoms with Crippen molar-refractivity contribution in [3.63, 3.8) is 0 Å². The molecule has 1 aliphatic heterocycles. The van der Waals surface area contributed by atoms with E-state index >= 15 is 0 Å². The highest BCUT2D eigenvalue weighted by molar-refractivity contribution is 6.41. The van der Waals surface area contributed by atoms with Crippen LogP contribution in [-0.4, -0.2) is 17.6 Å². The molecule has 0 aliphatic carbocycles. The molecule has 2 aromatic rings. The number of rotatable bonds is 5. The molecule has 5 heteroatoms. The molecule has 0 N–H and O–H groups in total. The first-order valence-corrected chi connectivity index (χ1v) is 10.3. The molecule has 30 heavy (non-hydrogen) atoms. The van der Waals surface area contributed by atoms with E-state index in [2.05, 4.69) is 12.8 Å². The van der Waals surface area contributed by atoms with Crippen molar-refractivity contribution in [3.8, 4) is 12.3 Å². The number of halogens is 2. The number of terminal acetylenes is 1. The van der Waals surface area contributed by atoms with Crippen LogP contribution < -0.4 is 0 Å². The lowest BCUT2D eigenvalue weighted by Crippen LogP contribution is -2.18. The predicted octanol–water partition coefficient (Wildman–Crippen LogP) is 6.38. The highest BCUT2D eigenvalue weighted by Gasteiger charge is 2.32. The Kier molecular flexibility index (Phi) is 6.17. The summed E-state index contributed by atoms with van der Waals surface area (Å²) in [6, 6.07) is 7.51. The Hall–Kier alpha value is -2.87. The summed E-state index contributed by atoms with van der Waals surface area (Å²) in [5, 5.41) is 0. The molecule has 0 spiro atoms. The maximum atomic E-state index is 14.3. The molecule has 154 valence electrons. The van der Waals surface area contributed by atoms with Crippen LogP contribution >= 0.6 is 0 Å². The van der Waals surface area contributed by atoms with Gasteiger partial charge >= 0.3 is 7.40 Å². The summed E-state index contributed by atoms with van der Waals surface area (Å²) in [6.45, 7) is 11.8. The van der Waals surface area contributed by atoms with Gasteiger partial charge in [0.1, 0.15) is 0 Å². The zero-order valence-electron chi connectivity index (χ0n) is 18.5. The maximum absolute atomic E-state index is 14.3. The molecule has 0 bridgehead atoms. The van der Waals surface area contributed by atoms with Gasteiger partial charge in [-0.25, -0.2) is 0 Å². The van der Waals surface area contributed by atoms with Crippen molar-refractivity contribution in [3.05, 3.63) is 74.8 Å². The number of hydrogen-bond donors (Lipinski definition) is 0. The van der Waals surface area contributed by atoms with Crippen LogP contribution in [0, 0.1) is 26.2 Å². The third kappa shape index (κ3) is 3.45. The van der Waals surface area contributed by atoms with Gasteiger partial charge in [-0.1, -0.05) is 31.9 Å². The molecule has 1 aromatic carbocycles. The number of allylic oxidation sites excluding steroid dienone is 2. The third-order valence-corrected chi connectivity index (χ3v) is 6.09. The first-order chi connectivity index (χ1) is 14.3. The van der Waals surface area contributed by atoms with E-state index in [0.717, 1.165) is 55.7 Å². The van der Waals surface area contributed by atoms with E-state index in [0.29, 0.717) is 17.8 Å². The van der Waals surface area contributed by atoms with Gasteiger partial charge in [0.25, 0.3) is 0 Å². The van der Waals surface area contributed by atoms with E-state index in [-0.39, 0.29) is 0 Å². The molecule has 1 aliphatic rings. The molecule has 1 aromatic heterocycles. The fourth-order valence-corrected chi connectivity index (χ4v) is 4.60. The molecular formula is C25H27BF2N2. The second kappa shape index (κ2) is 8.48. The van der Waals surface area contributed by atoms with Crippen molar-refractivity contribution in [2.24, 2.45) is 4.99 Å². The second-order valence-electron chi connectivity index (χ2n) is 7.64. The van der Waals surface area contributed by atoms with Crippen LogP contribution in [0.15, 0.2) is 46.1 Å². The van der Waals surface area contributed by atoms with E-state index in [1.165, 1.54) is 5.57 Å². The van der Waals surface area contributed by atoms with Gasteiger partial charge in [0.15, 0.2) is 0 Å². The van der Waals surface area contributed by atoms with Crippen molar-refractivity contribution >= 4 is 18.7 Å². The summed E-state index contributed by atoms with van der Waals surface area (Å²) in [5.41, 5.74) is 9.23. The smallest absolute Gasteiger partial charge is 0.329 e. The molecule has 0 saturated heterocycles. The minimum atomic E-state index is -2.64. The fourth-order valence-electron chi connectivity index (χ4n) is 4.60. The van der Waals surface area contributed by atoms with E-state index in [4.69, 9.17) is 11.4 Å². The van der Waals surface area contributed by atoms with E-state index in [1.54, 1.807) is 6.92 Å². The Bertz CT molecular complexity index is 1120. The average Bonchev–Trinajstić information content (AvgIpc) is 3.14. The molecular weight excluding hydrogens is 377 g/mol. The number of aromatic nitrogens is 1. The van der Waals surface area contributed by atoms with Crippen LogP contribution in [0.3, 0.4) is 0 Å². The van der Waals surface area contributed by atoms with Gasteiger partial charge in [-0.15, -0.1) is 6.42 Å². The summed E-state index contributed by atoms with van der Waals surface area (Å²) in [7, 11) is -2.64. The number of hydrogen-bond acceptors (Lipinski definition) is 1. The Balaban J connectivity index is 2.46. The van der Waals surface area contributed by atoms with Crippen LogP contribution in [0.5, 0.6) is 0 Å². The highest BCUT2D eigenvalue weighted by atomic mass is 19.2. The van der Waals surface area contributed by atoms with E-state index in [9.17, 15) is 8.63 Å². The van der Waals surface area contributed by atoms with Gasteiger partial charge in [0.05, 0.1) is 5.70 Å². The minimum Gasteiger partial charge on any atom is -0.329 e. The topological polar surface area (TPSA) is 17.3 Å². The van der Waals surface area contributed by atoms with Gasteiger partial charge in [-0.2, -0.15) is 0 Å². The van der Waals surface area contributed by atoms with Crippen LogP contribution in [-0.2, 0) is 6.42 Å². The molecule has 0 radical (unpaired) electrons. The predicted molar refractivity (Wildman–Crippen MR) is 123 cm³/mol. The Labute approximate surface area is 178 Å². The highest BCUT2D eigenvalue weighted by Crippen LogP contribution is 2.40. The van der Waals surface area contributed by atoms with Gasteiger partial charge in [0, 0.05) is 28.2 Å². The lowest BCUT2D eigenvalue weighted by molar-refractivity contribution is 0.623. The molecule has 3 rings (SSSR count). The summed E-state index contributed by atoms with van der Waals surface area (Å²) in [6.07, 6.45) is 7.06. The molecule has 0 fully saturated rings. The summed E-state index contributed by atoms with van der Waals surface area (Å²) in [4.78, 5) is 4.85. The Morgan fingerprint density at radius 1 is 1.07 bits per heavy atom. The Morgan fingerprint density at radius 3 is 2.17 bits per heavy atom. The van der Waals surface area contributed by atoms with Gasteiger partial charge in [-0.05, 0) is 80.5 Å². The summed E-state index contributed by atoms with van der Waals surface area (Å²) < 4.78 is 29.7. The normalized spacial score (nSPS) is 15.4. The van der Waals surface area contributed by atoms with Gasteiger partial charge in [0.2, 0.25) is 0 Å². The lowest BCUT2D eigenvalue weighted by Gasteiger charge is -2.17. The summed E-state index contributed by atoms with van der Waals surface area (Å²) >= 11 is 0. The second-order valence-corrected chi connectivity index (χ2v) is 7.64. The van der Waals surface area contributed by atoms with Crippen LogP contribution in [0.2, 0.25) is 0 Å². The van der Waals surface area contributed by atoms with Crippen molar-refractivity contribution in [2.75, 3.05) is 0 Å². The zero-order chi connectivity index (χ0) is 22.2. The quantitative estimate of drug-likeness (QED) is 0.406. The van der Waals surface area contributed by atoms with Crippen molar-refractivity contribution in [2.45, 2.75) is 54.4 Å². The van der Waals surface area contributed by atoms with Gasteiger partial charge in [-0.3, -0.25) is 13.6 Å². The standard InChI is InChI=1S/C25H27BF2N2/c1-8-19-11-13-20(14-12-19)23(24-15(4)21(9-2)17(6)29-24)25-16(5)22(10-3)18(7)30(25)26(27)28/h1,11-14H,9-10H2,2-7H3/b24-23-. The van der Waals surface area contributed by atoms with E-state index in [1.807, 2.05) is 52.0 Å². The monoisotopic (exact) mass is 404 g/mol. The molecule has 0 saturated carbocycles. The molecule has 2 nitrogen and oxygen atoms in total. The zero-order valence-corrected chi connectivity index (χ0v) is 18.5. The van der Waals surface area contributed by atoms with Crippen LogP contribution in [0.25, 0.3) is 5.57 Å². The summed E-state index contributed by atoms with van der Waals surface area (Å²) in [5.74, 6) is 2.62.